The summed E-state index contributed by atoms with van der Waals surface area (Å²) in [5.41, 5.74) is 0.983. The third-order valence-corrected chi connectivity index (χ3v) is 4.32. The molecule has 0 saturated heterocycles. The summed E-state index contributed by atoms with van der Waals surface area (Å²) in [5.74, 6) is 0.394. The smallest absolute Gasteiger partial charge is 0.123 e. The molecule has 0 bridgehead atoms. The molecule has 0 heterocycles. The predicted molar refractivity (Wildman–Crippen MR) is 80.2 cm³/mol. The van der Waals surface area contributed by atoms with Crippen LogP contribution < -0.4 is 5.32 Å². The summed E-state index contributed by atoms with van der Waals surface area (Å²) in [6.45, 7) is 2.74. The lowest BCUT2D eigenvalue weighted by atomic mass is 9.81. The van der Waals surface area contributed by atoms with Crippen LogP contribution in [0.4, 0.5) is 4.39 Å². The minimum Gasteiger partial charge on any atom is -0.376 e. The van der Waals surface area contributed by atoms with Gasteiger partial charge in [-0.15, -0.1) is 0 Å². The maximum absolute atomic E-state index is 13.5. The molecular formula is C17H26FNO. The van der Waals surface area contributed by atoms with Crippen LogP contribution in [0.15, 0.2) is 24.3 Å². The molecule has 20 heavy (non-hydrogen) atoms. The van der Waals surface area contributed by atoms with Crippen LogP contribution in [0.1, 0.15) is 50.6 Å². The summed E-state index contributed by atoms with van der Waals surface area (Å²) in [4.78, 5) is 0. The molecule has 0 amide bonds. The van der Waals surface area contributed by atoms with Gasteiger partial charge in [0.15, 0.2) is 0 Å². The van der Waals surface area contributed by atoms with E-state index in [0.717, 1.165) is 5.56 Å². The quantitative estimate of drug-likeness (QED) is 0.847. The first-order valence-corrected chi connectivity index (χ1v) is 7.80. The molecule has 2 unspecified atom stereocenters. The summed E-state index contributed by atoms with van der Waals surface area (Å²) >= 11 is 0. The zero-order valence-electron chi connectivity index (χ0n) is 12.6. The van der Waals surface area contributed by atoms with Crippen molar-refractivity contribution < 1.29 is 9.13 Å². The highest BCUT2D eigenvalue weighted by atomic mass is 19.1. The highest BCUT2D eigenvalue weighted by Gasteiger charge is 2.31. The zero-order chi connectivity index (χ0) is 14.4. The van der Waals surface area contributed by atoms with Crippen LogP contribution in [0.2, 0.25) is 0 Å². The second kappa shape index (κ2) is 7.75. The maximum Gasteiger partial charge on any atom is 0.123 e. The molecule has 112 valence electrons. The van der Waals surface area contributed by atoms with Gasteiger partial charge in [0.2, 0.25) is 0 Å². The monoisotopic (exact) mass is 279 g/mol. The summed E-state index contributed by atoms with van der Waals surface area (Å²) < 4.78 is 19.5. The van der Waals surface area contributed by atoms with E-state index in [1.54, 1.807) is 12.1 Å². The van der Waals surface area contributed by atoms with Crippen molar-refractivity contribution in [2.45, 2.75) is 51.2 Å². The van der Waals surface area contributed by atoms with Gasteiger partial charge in [-0.2, -0.15) is 0 Å². The van der Waals surface area contributed by atoms with Crippen molar-refractivity contribution >= 4 is 0 Å². The third kappa shape index (κ3) is 3.80. The van der Waals surface area contributed by atoms with E-state index in [4.69, 9.17) is 4.74 Å². The van der Waals surface area contributed by atoms with Gasteiger partial charge < -0.3 is 10.1 Å². The number of ether oxygens (including phenoxy) is 1. The van der Waals surface area contributed by atoms with Gasteiger partial charge in [0, 0.05) is 6.61 Å². The number of hydrogen-bond acceptors (Lipinski definition) is 2. The van der Waals surface area contributed by atoms with Gasteiger partial charge in [0.1, 0.15) is 5.82 Å². The van der Waals surface area contributed by atoms with E-state index in [2.05, 4.69) is 5.32 Å². The van der Waals surface area contributed by atoms with Crippen LogP contribution in [-0.4, -0.2) is 19.8 Å². The maximum atomic E-state index is 13.5. The zero-order valence-corrected chi connectivity index (χ0v) is 12.6. The Morgan fingerprint density at radius 2 is 2.05 bits per heavy atom. The van der Waals surface area contributed by atoms with Crippen LogP contribution in [-0.2, 0) is 4.74 Å². The minimum atomic E-state index is -0.179. The van der Waals surface area contributed by atoms with Crippen molar-refractivity contribution in [1.82, 2.24) is 5.32 Å². The molecule has 1 aromatic carbocycles. The van der Waals surface area contributed by atoms with E-state index < -0.39 is 0 Å². The Morgan fingerprint density at radius 3 is 2.65 bits per heavy atom. The van der Waals surface area contributed by atoms with Crippen LogP contribution >= 0.6 is 0 Å². The fourth-order valence-electron chi connectivity index (χ4n) is 3.38. The lowest BCUT2D eigenvalue weighted by Crippen LogP contribution is -2.38. The number of halogens is 1. The largest absolute Gasteiger partial charge is 0.376 e. The van der Waals surface area contributed by atoms with Crippen molar-refractivity contribution in [2.24, 2.45) is 5.92 Å². The third-order valence-electron chi connectivity index (χ3n) is 4.32. The molecule has 0 aliphatic heterocycles. The molecule has 0 spiro atoms. The van der Waals surface area contributed by atoms with Gasteiger partial charge in [0.05, 0.1) is 12.1 Å². The SMILES string of the molecule is CCOC(C1CCCCC1)C(NC)c1cccc(F)c1. The lowest BCUT2D eigenvalue weighted by molar-refractivity contribution is -0.0168. The van der Waals surface area contributed by atoms with E-state index >= 15 is 0 Å². The molecule has 2 nitrogen and oxygen atoms in total. The van der Waals surface area contributed by atoms with Crippen LogP contribution in [0.25, 0.3) is 0 Å². The topological polar surface area (TPSA) is 21.3 Å². The van der Waals surface area contributed by atoms with E-state index in [1.165, 1.54) is 38.2 Å². The second-order valence-electron chi connectivity index (χ2n) is 5.64. The molecule has 3 heteroatoms. The summed E-state index contributed by atoms with van der Waals surface area (Å²) in [6, 6.07) is 6.94. The van der Waals surface area contributed by atoms with Gasteiger partial charge >= 0.3 is 0 Å². The molecule has 1 saturated carbocycles. The number of rotatable bonds is 6. The molecule has 2 atom stereocenters. The van der Waals surface area contributed by atoms with Gasteiger partial charge in [-0.05, 0) is 50.4 Å². The summed E-state index contributed by atoms with van der Waals surface area (Å²) in [5, 5.41) is 3.34. The van der Waals surface area contributed by atoms with Gasteiger partial charge in [0.25, 0.3) is 0 Å². The average Bonchev–Trinajstić information content (AvgIpc) is 2.48. The highest BCUT2D eigenvalue weighted by molar-refractivity contribution is 5.21. The lowest BCUT2D eigenvalue weighted by Gasteiger charge is -2.35. The van der Waals surface area contributed by atoms with Crippen LogP contribution in [0.5, 0.6) is 0 Å². The van der Waals surface area contributed by atoms with Crippen molar-refractivity contribution in [3.63, 3.8) is 0 Å². The Balaban J connectivity index is 2.19. The molecule has 0 radical (unpaired) electrons. The Kier molecular flexibility index (Phi) is 5.99. The van der Waals surface area contributed by atoms with E-state index in [-0.39, 0.29) is 18.0 Å². The Morgan fingerprint density at radius 1 is 1.30 bits per heavy atom. The molecule has 1 fully saturated rings. The predicted octanol–water partition coefficient (Wildman–Crippen LogP) is 4.07. The molecule has 1 aliphatic carbocycles. The summed E-state index contributed by atoms with van der Waals surface area (Å²) in [6.07, 6.45) is 6.48. The first kappa shape index (κ1) is 15.5. The first-order chi connectivity index (χ1) is 9.76. The van der Waals surface area contributed by atoms with Crippen molar-refractivity contribution in [1.29, 1.82) is 0 Å². The normalized spacial score (nSPS) is 19.8. The van der Waals surface area contributed by atoms with Crippen molar-refractivity contribution in [3.05, 3.63) is 35.6 Å². The summed E-state index contributed by atoms with van der Waals surface area (Å²) in [7, 11) is 1.93. The van der Waals surface area contributed by atoms with Gasteiger partial charge in [-0.1, -0.05) is 31.4 Å². The first-order valence-electron chi connectivity index (χ1n) is 7.80. The number of hydrogen-bond donors (Lipinski definition) is 1. The molecule has 2 rings (SSSR count). The minimum absolute atomic E-state index is 0.0637. The van der Waals surface area contributed by atoms with Crippen molar-refractivity contribution in [3.8, 4) is 0 Å². The highest BCUT2D eigenvalue weighted by Crippen LogP contribution is 2.34. The van der Waals surface area contributed by atoms with E-state index in [0.29, 0.717) is 12.5 Å². The Bertz CT molecular complexity index is 404. The molecule has 1 N–H and O–H groups in total. The standard InChI is InChI=1S/C17H26FNO/c1-3-20-17(13-8-5-4-6-9-13)16(19-2)14-10-7-11-15(18)12-14/h7,10-13,16-17,19H,3-6,8-9H2,1-2H3. The van der Waals surface area contributed by atoms with E-state index in [9.17, 15) is 4.39 Å². The van der Waals surface area contributed by atoms with Crippen molar-refractivity contribution in [2.75, 3.05) is 13.7 Å². The molecule has 1 aromatic rings. The molecule has 0 aromatic heterocycles. The molecule has 1 aliphatic rings. The fourth-order valence-corrected chi connectivity index (χ4v) is 3.38. The van der Waals surface area contributed by atoms with E-state index in [1.807, 2.05) is 20.0 Å². The van der Waals surface area contributed by atoms with Crippen LogP contribution in [0, 0.1) is 11.7 Å². The number of benzene rings is 1. The Hall–Kier alpha value is -0.930. The van der Waals surface area contributed by atoms with Crippen LogP contribution in [0.3, 0.4) is 0 Å². The second-order valence-corrected chi connectivity index (χ2v) is 5.64. The number of likely N-dealkylation sites (N-methyl/N-ethyl adjacent to an activating group) is 1. The Labute approximate surface area is 121 Å². The molecular weight excluding hydrogens is 253 g/mol. The fraction of sp³-hybridized carbons (Fsp3) is 0.647. The van der Waals surface area contributed by atoms with Gasteiger partial charge in [-0.3, -0.25) is 0 Å². The number of nitrogens with one attached hydrogen (secondary N) is 1. The average molecular weight is 279 g/mol. The van der Waals surface area contributed by atoms with Gasteiger partial charge in [-0.25, -0.2) is 4.39 Å².